The number of hydrogen-bond acceptors (Lipinski definition) is 3. The van der Waals surface area contributed by atoms with Crippen LogP contribution in [0.5, 0.6) is 0 Å². The lowest BCUT2D eigenvalue weighted by molar-refractivity contribution is 0.147. The predicted molar refractivity (Wildman–Crippen MR) is 75.7 cm³/mol. The summed E-state index contributed by atoms with van der Waals surface area (Å²) < 4.78 is 2.03. The van der Waals surface area contributed by atoms with Crippen molar-refractivity contribution in [2.75, 3.05) is 13.2 Å². The van der Waals surface area contributed by atoms with Crippen molar-refractivity contribution in [3.8, 4) is 0 Å². The third-order valence-electron chi connectivity index (χ3n) is 3.47. The number of nitrogens with zero attached hydrogens (tertiary/aromatic N) is 2. The molecule has 0 fully saturated rings. The average molecular weight is 259 g/mol. The van der Waals surface area contributed by atoms with Crippen LogP contribution in [0.1, 0.15) is 18.9 Å². The number of aliphatic hydroxyl groups excluding tert-OH is 1. The zero-order chi connectivity index (χ0) is 13.6. The van der Waals surface area contributed by atoms with E-state index in [1.807, 2.05) is 29.0 Å². The van der Waals surface area contributed by atoms with Crippen LogP contribution in [-0.4, -0.2) is 27.8 Å². The Morgan fingerprint density at radius 1 is 1.32 bits per heavy atom. The second kappa shape index (κ2) is 6.50. The molecule has 0 aliphatic carbocycles. The van der Waals surface area contributed by atoms with Gasteiger partial charge in [0, 0.05) is 18.9 Å². The summed E-state index contributed by atoms with van der Waals surface area (Å²) in [4.78, 5) is 4.05. The van der Waals surface area contributed by atoms with Crippen molar-refractivity contribution in [3.05, 3.63) is 54.6 Å². The lowest BCUT2D eigenvalue weighted by Gasteiger charge is -2.33. The minimum Gasteiger partial charge on any atom is -0.394 e. The molecule has 0 amide bonds. The molecule has 19 heavy (non-hydrogen) atoms. The van der Waals surface area contributed by atoms with Crippen LogP contribution in [-0.2, 0) is 12.1 Å². The summed E-state index contributed by atoms with van der Waals surface area (Å²) >= 11 is 0. The van der Waals surface area contributed by atoms with E-state index in [1.54, 1.807) is 12.5 Å². The van der Waals surface area contributed by atoms with Gasteiger partial charge in [0.05, 0.1) is 18.5 Å². The highest BCUT2D eigenvalue weighted by Crippen LogP contribution is 2.25. The zero-order valence-electron chi connectivity index (χ0n) is 11.3. The van der Waals surface area contributed by atoms with Gasteiger partial charge in [0.1, 0.15) is 0 Å². The molecule has 0 bridgehead atoms. The number of aromatic nitrogens is 2. The Labute approximate surface area is 114 Å². The Bertz CT molecular complexity index is 469. The number of nitrogens with one attached hydrogen (secondary N) is 1. The summed E-state index contributed by atoms with van der Waals surface area (Å²) in [6.45, 7) is 3.78. The minimum atomic E-state index is -0.389. The van der Waals surface area contributed by atoms with Gasteiger partial charge in [0.15, 0.2) is 0 Å². The molecule has 2 aromatic rings. The molecule has 1 aromatic carbocycles. The van der Waals surface area contributed by atoms with E-state index in [9.17, 15) is 5.11 Å². The molecular formula is C15H21N3O. The highest BCUT2D eigenvalue weighted by Gasteiger charge is 2.30. The fourth-order valence-electron chi connectivity index (χ4n) is 2.40. The zero-order valence-corrected chi connectivity index (χ0v) is 11.3. The largest absolute Gasteiger partial charge is 0.394 e. The Kier molecular flexibility index (Phi) is 4.71. The van der Waals surface area contributed by atoms with E-state index >= 15 is 0 Å². The van der Waals surface area contributed by atoms with E-state index in [0.717, 1.165) is 25.1 Å². The van der Waals surface area contributed by atoms with Crippen molar-refractivity contribution in [3.63, 3.8) is 0 Å². The van der Waals surface area contributed by atoms with Gasteiger partial charge >= 0.3 is 0 Å². The number of aryl methyl sites for hydroxylation is 1. The molecule has 1 aromatic heterocycles. The topological polar surface area (TPSA) is 50.1 Å². The Hall–Kier alpha value is -1.65. The van der Waals surface area contributed by atoms with Crippen LogP contribution >= 0.6 is 0 Å². The number of imidazole rings is 1. The number of aliphatic hydroxyl groups is 1. The van der Waals surface area contributed by atoms with Crippen LogP contribution in [0.4, 0.5) is 0 Å². The number of benzene rings is 1. The van der Waals surface area contributed by atoms with Crippen molar-refractivity contribution >= 4 is 0 Å². The molecule has 1 atom stereocenters. The maximum atomic E-state index is 9.90. The van der Waals surface area contributed by atoms with Gasteiger partial charge in [-0.15, -0.1) is 0 Å². The third kappa shape index (κ3) is 3.22. The van der Waals surface area contributed by atoms with Gasteiger partial charge in [-0.25, -0.2) is 4.98 Å². The van der Waals surface area contributed by atoms with Crippen molar-refractivity contribution in [1.82, 2.24) is 14.9 Å². The van der Waals surface area contributed by atoms with E-state index < -0.39 is 0 Å². The SMILES string of the molecule is CCNC(CO)(CCn1ccnc1)c1ccccc1. The molecule has 1 heterocycles. The Balaban J connectivity index is 2.18. The monoisotopic (exact) mass is 259 g/mol. The van der Waals surface area contributed by atoms with Crippen molar-refractivity contribution in [1.29, 1.82) is 0 Å². The Morgan fingerprint density at radius 2 is 2.11 bits per heavy atom. The van der Waals surface area contributed by atoms with Crippen LogP contribution in [0.3, 0.4) is 0 Å². The van der Waals surface area contributed by atoms with E-state index in [4.69, 9.17) is 0 Å². The predicted octanol–water partition coefficient (Wildman–Crippen LogP) is 1.77. The number of likely N-dealkylation sites (N-methyl/N-ethyl adjacent to an activating group) is 1. The van der Waals surface area contributed by atoms with Gasteiger partial charge in [-0.3, -0.25) is 0 Å². The second-order valence-electron chi connectivity index (χ2n) is 4.69. The molecule has 2 N–H and O–H groups in total. The maximum absolute atomic E-state index is 9.90. The van der Waals surface area contributed by atoms with Crippen molar-refractivity contribution < 1.29 is 5.11 Å². The van der Waals surface area contributed by atoms with Crippen LogP contribution < -0.4 is 5.32 Å². The van der Waals surface area contributed by atoms with Crippen LogP contribution in [0.15, 0.2) is 49.1 Å². The van der Waals surface area contributed by atoms with Gasteiger partial charge in [0.2, 0.25) is 0 Å². The highest BCUT2D eigenvalue weighted by molar-refractivity contribution is 5.24. The molecule has 0 aliphatic rings. The smallest absolute Gasteiger partial charge is 0.0945 e. The molecule has 0 saturated carbocycles. The molecule has 2 rings (SSSR count). The summed E-state index contributed by atoms with van der Waals surface area (Å²) in [6, 6.07) is 10.1. The Morgan fingerprint density at radius 3 is 2.68 bits per heavy atom. The first-order valence-electron chi connectivity index (χ1n) is 6.68. The second-order valence-corrected chi connectivity index (χ2v) is 4.69. The summed E-state index contributed by atoms with van der Waals surface area (Å²) in [5.74, 6) is 0. The van der Waals surface area contributed by atoms with E-state index in [1.165, 1.54) is 0 Å². The van der Waals surface area contributed by atoms with Gasteiger partial charge in [-0.1, -0.05) is 37.3 Å². The fourth-order valence-corrected chi connectivity index (χ4v) is 2.40. The lowest BCUT2D eigenvalue weighted by Crippen LogP contribution is -2.46. The standard InChI is InChI=1S/C15H21N3O/c1-2-17-15(12-19,14-6-4-3-5-7-14)8-10-18-11-9-16-13-18/h3-7,9,11,13,17,19H,2,8,10,12H2,1H3. The molecule has 102 valence electrons. The summed E-state index contributed by atoms with van der Waals surface area (Å²) in [7, 11) is 0. The van der Waals surface area contributed by atoms with Crippen LogP contribution in [0.25, 0.3) is 0 Å². The quantitative estimate of drug-likeness (QED) is 0.797. The number of rotatable bonds is 7. The number of hydrogen-bond donors (Lipinski definition) is 2. The average Bonchev–Trinajstić information content (AvgIpc) is 2.98. The summed E-state index contributed by atoms with van der Waals surface area (Å²) in [5.41, 5.74) is 0.736. The molecule has 0 saturated heterocycles. The lowest BCUT2D eigenvalue weighted by atomic mass is 9.87. The third-order valence-corrected chi connectivity index (χ3v) is 3.47. The van der Waals surface area contributed by atoms with Crippen LogP contribution in [0, 0.1) is 0 Å². The van der Waals surface area contributed by atoms with Crippen molar-refractivity contribution in [2.24, 2.45) is 0 Å². The molecule has 0 aliphatic heterocycles. The van der Waals surface area contributed by atoms with Gasteiger partial charge in [-0.05, 0) is 18.5 Å². The maximum Gasteiger partial charge on any atom is 0.0945 e. The first-order chi connectivity index (χ1) is 9.30. The van der Waals surface area contributed by atoms with Gasteiger partial charge in [-0.2, -0.15) is 0 Å². The van der Waals surface area contributed by atoms with Gasteiger partial charge in [0.25, 0.3) is 0 Å². The van der Waals surface area contributed by atoms with Crippen LogP contribution in [0.2, 0.25) is 0 Å². The fraction of sp³-hybridized carbons (Fsp3) is 0.400. The van der Waals surface area contributed by atoms with E-state index in [0.29, 0.717) is 0 Å². The molecular weight excluding hydrogens is 238 g/mol. The first-order valence-corrected chi connectivity index (χ1v) is 6.68. The summed E-state index contributed by atoms with van der Waals surface area (Å²) in [5, 5.41) is 13.3. The minimum absolute atomic E-state index is 0.0829. The van der Waals surface area contributed by atoms with Gasteiger partial charge < -0.3 is 15.0 Å². The van der Waals surface area contributed by atoms with E-state index in [2.05, 4.69) is 29.4 Å². The first kappa shape index (κ1) is 13.8. The van der Waals surface area contributed by atoms with E-state index in [-0.39, 0.29) is 12.1 Å². The van der Waals surface area contributed by atoms with Crippen molar-refractivity contribution in [2.45, 2.75) is 25.4 Å². The molecule has 4 heteroatoms. The normalized spacial score (nSPS) is 14.2. The highest BCUT2D eigenvalue weighted by atomic mass is 16.3. The molecule has 0 spiro atoms. The molecule has 1 unspecified atom stereocenters. The molecule has 4 nitrogen and oxygen atoms in total. The molecule has 0 radical (unpaired) electrons. The summed E-state index contributed by atoms with van der Waals surface area (Å²) in [6.07, 6.45) is 6.34.